The predicted molar refractivity (Wildman–Crippen MR) is 165 cm³/mol. The highest BCUT2D eigenvalue weighted by molar-refractivity contribution is 7.09. The van der Waals surface area contributed by atoms with Gasteiger partial charge in [0, 0.05) is 30.8 Å². The number of nitrogens with zero attached hydrogens (tertiary/aromatic N) is 1. The van der Waals surface area contributed by atoms with E-state index in [0.29, 0.717) is 23.4 Å². The van der Waals surface area contributed by atoms with Crippen LogP contribution in [0.15, 0.2) is 60.0 Å². The molecule has 236 valence electrons. The van der Waals surface area contributed by atoms with Crippen LogP contribution in [0.25, 0.3) is 0 Å². The Morgan fingerprint density at radius 3 is 2.23 bits per heavy atom. The molecule has 2 N–H and O–H groups in total. The van der Waals surface area contributed by atoms with Gasteiger partial charge >= 0.3 is 11.9 Å². The van der Waals surface area contributed by atoms with Crippen LogP contribution in [0.3, 0.4) is 0 Å². The van der Waals surface area contributed by atoms with E-state index < -0.39 is 23.9 Å². The maximum atomic E-state index is 13.3. The van der Waals surface area contributed by atoms with Crippen LogP contribution in [0.2, 0.25) is 0 Å². The molecule has 3 rings (SSSR count). The molecule has 0 aliphatic heterocycles. The highest BCUT2D eigenvalue weighted by Crippen LogP contribution is 2.29. The Balaban J connectivity index is 1.73. The monoisotopic (exact) mass is 625 g/mol. The van der Waals surface area contributed by atoms with Crippen molar-refractivity contribution in [1.82, 2.24) is 15.6 Å². The third-order valence-electron chi connectivity index (χ3n) is 7.14. The van der Waals surface area contributed by atoms with Gasteiger partial charge in [-0.05, 0) is 42.0 Å². The van der Waals surface area contributed by atoms with Gasteiger partial charge in [0.05, 0.1) is 19.4 Å². The molecule has 2 amide bonds. The first-order valence-corrected chi connectivity index (χ1v) is 15.4. The van der Waals surface area contributed by atoms with Crippen LogP contribution in [0.5, 0.6) is 0 Å². The van der Waals surface area contributed by atoms with E-state index in [1.54, 1.807) is 24.4 Å². The zero-order chi connectivity index (χ0) is 32.2. The Bertz CT molecular complexity index is 1400. The zero-order valence-corrected chi connectivity index (χ0v) is 26.5. The van der Waals surface area contributed by atoms with Crippen LogP contribution in [-0.4, -0.2) is 47.9 Å². The number of rotatable bonds is 15. The van der Waals surface area contributed by atoms with Gasteiger partial charge in [-0.2, -0.15) is 0 Å². The lowest BCUT2D eigenvalue weighted by Crippen LogP contribution is -2.41. The fraction of sp³-hybridized carbons (Fsp3) is 0.424. The normalized spacial score (nSPS) is 13.8. The number of ether oxygens (including phenoxy) is 2. The molecule has 0 bridgehead atoms. The van der Waals surface area contributed by atoms with E-state index in [1.807, 2.05) is 44.2 Å². The van der Waals surface area contributed by atoms with Crippen molar-refractivity contribution >= 4 is 35.1 Å². The summed E-state index contributed by atoms with van der Waals surface area (Å²) in [6.07, 6.45) is 0.399. The Kier molecular flexibility index (Phi) is 13.0. The van der Waals surface area contributed by atoms with E-state index in [-0.39, 0.29) is 54.2 Å². The number of hydrogen-bond acceptors (Lipinski definition) is 8. The first-order chi connectivity index (χ1) is 20.9. The van der Waals surface area contributed by atoms with Crippen molar-refractivity contribution in [3.63, 3.8) is 0 Å². The summed E-state index contributed by atoms with van der Waals surface area (Å²) < 4.78 is 23.7. The number of methoxy groups -OCH3 is 1. The topological polar surface area (TPSA) is 124 Å². The lowest BCUT2D eigenvalue weighted by molar-refractivity contribution is -0.147. The number of hydrogen-bond donors (Lipinski definition) is 2. The van der Waals surface area contributed by atoms with Gasteiger partial charge < -0.3 is 20.1 Å². The summed E-state index contributed by atoms with van der Waals surface area (Å²) in [5.41, 5.74) is 1.84. The van der Waals surface area contributed by atoms with E-state index in [2.05, 4.69) is 15.6 Å². The van der Waals surface area contributed by atoms with E-state index in [1.165, 1.54) is 37.5 Å². The van der Waals surface area contributed by atoms with Crippen LogP contribution in [-0.2, 0) is 36.7 Å². The average molecular weight is 626 g/mol. The van der Waals surface area contributed by atoms with Gasteiger partial charge in [-0.1, -0.05) is 63.2 Å². The molecule has 0 fully saturated rings. The molecule has 1 heterocycles. The molecule has 1 aromatic heterocycles. The van der Waals surface area contributed by atoms with Crippen LogP contribution in [0.1, 0.15) is 73.3 Å². The van der Waals surface area contributed by atoms with Gasteiger partial charge in [-0.25, -0.2) is 9.37 Å². The largest absolute Gasteiger partial charge is 0.469 e. The Labute approximate surface area is 261 Å². The van der Waals surface area contributed by atoms with Crippen molar-refractivity contribution in [2.75, 3.05) is 7.11 Å². The smallest absolute Gasteiger partial charge is 0.308 e. The van der Waals surface area contributed by atoms with Gasteiger partial charge in [0.1, 0.15) is 16.5 Å². The van der Waals surface area contributed by atoms with Crippen LogP contribution >= 0.6 is 11.3 Å². The van der Waals surface area contributed by atoms with Crippen molar-refractivity contribution in [1.29, 1.82) is 0 Å². The fourth-order valence-corrected chi connectivity index (χ4v) is 5.63. The third kappa shape index (κ3) is 10.9. The number of carbonyl (C=O) groups is 4. The summed E-state index contributed by atoms with van der Waals surface area (Å²) in [6, 6.07) is 14.6. The van der Waals surface area contributed by atoms with Gasteiger partial charge in [0.25, 0.3) is 5.91 Å². The second kappa shape index (κ2) is 16.7. The molecule has 0 spiro atoms. The molecule has 11 heteroatoms. The van der Waals surface area contributed by atoms with Gasteiger partial charge in [0.2, 0.25) is 5.91 Å². The minimum atomic E-state index is -0.794. The number of carbonyl (C=O) groups excluding carboxylic acids is 4. The summed E-state index contributed by atoms with van der Waals surface area (Å²) in [6.45, 7) is 6.93. The molecule has 44 heavy (non-hydrogen) atoms. The summed E-state index contributed by atoms with van der Waals surface area (Å²) in [5.74, 6) is -2.36. The number of aromatic nitrogens is 1. The van der Waals surface area contributed by atoms with Gasteiger partial charge in [0.15, 0.2) is 6.10 Å². The molecular formula is C33H40FN3O6S. The highest BCUT2D eigenvalue weighted by atomic mass is 32.1. The molecular weight excluding hydrogens is 585 g/mol. The number of thiazole rings is 1. The number of amides is 2. The van der Waals surface area contributed by atoms with Crippen molar-refractivity contribution in [2.45, 2.75) is 71.6 Å². The Morgan fingerprint density at radius 2 is 1.61 bits per heavy atom. The quantitative estimate of drug-likeness (QED) is 0.223. The van der Waals surface area contributed by atoms with Crippen LogP contribution in [0, 0.1) is 17.7 Å². The number of esters is 2. The predicted octanol–water partition coefficient (Wildman–Crippen LogP) is 5.20. The maximum Gasteiger partial charge on any atom is 0.308 e. The summed E-state index contributed by atoms with van der Waals surface area (Å²) in [7, 11) is 1.33. The van der Waals surface area contributed by atoms with E-state index in [0.717, 1.165) is 5.56 Å². The second-order valence-electron chi connectivity index (χ2n) is 11.1. The molecule has 0 saturated heterocycles. The SMILES string of the molecule is COC(=O)[C@@H](C)C[C@H](Cc1ccccc1)NC(=O)c1csc(C(CC(NC(=O)Cc2ccc(F)cc2)C(C)C)OC(C)=O)n1. The Hall–Kier alpha value is -4.12. The van der Waals surface area contributed by atoms with Crippen molar-refractivity contribution < 1.29 is 33.0 Å². The molecule has 0 aliphatic carbocycles. The standard InChI is InChI=1S/C33H40FN3O6S/c1-20(2)27(36-30(39)17-24-11-13-25(34)14-12-24)18-29(43-22(4)38)32-37-28(19-44-32)31(40)35-26(15-21(3)33(41)42-5)16-23-9-7-6-8-10-23/h6-14,19-21,26-27,29H,15-18H2,1-5H3,(H,35,40)(H,36,39)/t21-,26+,27?,29?/m0/s1. The summed E-state index contributed by atoms with van der Waals surface area (Å²) in [5, 5.41) is 8.03. The van der Waals surface area contributed by atoms with E-state index >= 15 is 0 Å². The molecule has 0 saturated carbocycles. The number of halogens is 1. The minimum absolute atomic E-state index is 0.0106. The fourth-order valence-electron chi connectivity index (χ4n) is 4.79. The average Bonchev–Trinajstić information content (AvgIpc) is 3.48. The first-order valence-electron chi connectivity index (χ1n) is 14.5. The highest BCUT2D eigenvalue weighted by Gasteiger charge is 2.28. The Morgan fingerprint density at radius 1 is 0.932 bits per heavy atom. The van der Waals surface area contributed by atoms with Crippen molar-refractivity contribution in [2.24, 2.45) is 11.8 Å². The van der Waals surface area contributed by atoms with Crippen LogP contribution in [0.4, 0.5) is 4.39 Å². The van der Waals surface area contributed by atoms with Gasteiger partial charge in [-0.15, -0.1) is 11.3 Å². The summed E-state index contributed by atoms with van der Waals surface area (Å²) in [4.78, 5) is 54.8. The van der Waals surface area contributed by atoms with Crippen molar-refractivity contribution in [3.05, 3.63) is 87.6 Å². The molecule has 2 aromatic carbocycles. The number of nitrogens with one attached hydrogen (secondary N) is 2. The molecule has 0 radical (unpaired) electrons. The van der Waals surface area contributed by atoms with Crippen LogP contribution < -0.4 is 10.6 Å². The summed E-state index contributed by atoms with van der Waals surface area (Å²) >= 11 is 1.19. The number of benzene rings is 2. The van der Waals surface area contributed by atoms with E-state index in [4.69, 9.17) is 9.47 Å². The van der Waals surface area contributed by atoms with Gasteiger partial charge in [-0.3, -0.25) is 19.2 Å². The van der Waals surface area contributed by atoms with Crippen molar-refractivity contribution in [3.8, 4) is 0 Å². The lowest BCUT2D eigenvalue weighted by Gasteiger charge is -2.26. The second-order valence-corrected chi connectivity index (χ2v) is 12.0. The van der Waals surface area contributed by atoms with E-state index in [9.17, 15) is 23.6 Å². The first kappa shape index (κ1) is 34.4. The molecule has 3 aromatic rings. The lowest BCUT2D eigenvalue weighted by atomic mass is 9.96. The molecule has 4 atom stereocenters. The molecule has 2 unspecified atom stereocenters. The molecule has 0 aliphatic rings. The third-order valence-corrected chi connectivity index (χ3v) is 8.07. The maximum absolute atomic E-state index is 13.3. The zero-order valence-electron chi connectivity index (χ0n) is 25.7. The molecule has 9 nitrogen and oxygen atoms in total. The minimum Gasteiger partial charge on any atom is -0.469 e.